The first-order valence-electron chi connectivity index (χ1n) is 11.7. The van der Waals surface area contributed by atoms with E-state index in [-0.39, 0.29) is 18.9 Å². The van der Waals surface area contributed by atoms with E-state index in [2.05, 4.69) is 25.6 Å². The van der Waals surface area contributed by atoms with Crippen LogP contribution >= 0.6 is 0 Å². The lowest BCUT2D eigenvalue weighted by molar-refractivity contribution is -0.274. The smallest absolute Gasteiger partial charge is 0.469 e. The van der Waals surface area contributed by atoms with E-state index in [9.17, 15) is 27.6 Å². The Balaban J connectivity index is 1.33. The number of fused-ring (bicyclic) bond motifs is 3. The molecule has 0 saturated heterocycles. The fourth-order valence-electron chi connectivity index (χ4n) is 4.34. The van der Waals surface area contributed by atoms with Crippen molar-refractivity contribution in [3.8, 4) is 16.9 Å². The highest BCUT2D eigenvalue weighted by atomic mass is 19.4. The molecule has 3 aromatic carbocycles. The maximum Gasteiger partial charge on any atom is 0.573 e. The number of hydrogen-bond acceptors (Lipinski definition) is 6. The van der Waals surface area contributed by atoms with Crippen LogP contribution in [-0.4, -0.2) is 38.2 Å². The number of amides is 3. The minimum Gasteiger partial charge on any atom is -0.469 e. The lowest BCUT2D eigenvalue weighted by atomic mass is 9.98. The second-order valence-electron chi connectivity index (χ2n) is 8.50. The van der Waals surface area contributed by atoms with Crippen LogP contribution in [0.1, 0.15) is 35.1 Å². The van der Waals surface area contributed by atoms with E-state index in [1.54, 1.807) is 0 Å². The van der Waals surface area contributed by atoms with Crippen LogP contribution in [0.3, 0.4) is 0 Å². The lowest BCUT2D eigenvalue weighted by Crippen LogP contribution is -2.48. The lowest BCUT2D eigenvalue weighted by Gasteiger charge is -2.19. The van der Waals surface area contributed by atoms with Crippen molar-refractivity contribution in [1.29, 1.82) is 0 Å². The summed E-state index contributed by atoms with van der Waals surface area (Å²) >= 11 is 0. The van der Waals surface area contributed by atoms with Gasteiger partial charge in [0.1, 0.15) is 12.4 Å². The second-order valence-corrected chi connectivity index (χ2v) is 8.50. The van der Waals surface area contributed by atoms with Gasteiger partial charge in [-0.3, -0.25) is 4.79 Å². The van der Waals surface area contributed by atoms with Crippen LogP contribution in [0, 0.1) is 0 Å². The maximum absolute atomic E-state index is 12.4. The summed E-state index contributed by atoms with van der Waals surface area (Å²) in [5.74, 6) is -1.32. The van der Waals surface area contributed by atoms with Crippen LogP contribution in [0.25, 0.3) is 11.1 Å². The number of rotatable bonds is 7. The number of ether oxygens (including phenoxy) is 3. The molecular weight excluding hydrogens is 519 g/mol. The Morgan fingerprint density at radius 1 is 0.872 bits per heavy atom. The minimum atomic E-state index is -4.87. The first kappa shape index (κ1) is 27.3. The third-order valence-corrected chi connectivity index (χ3v) is 6.04. The molecule has 1 atom stereocenters. The van der Waals surface area contributed by atoms with Gasteiger partial charge < -0.3 is 19.5 Å². The molecule has 0 heterocycles. The van der Waals surface area contributed by atoms with Gasteiger partial charge in [0.15, 0.2) is 0 Å². The van der Waals surface area contributed by atoms with E-state index < -0.39 is 36.2 Å². The van der Waals surface area contributed by atoms with Gasteiger partial charge in [0, 0.05) is 5.92 Å². The number of methoxy groups -OCH3 is 1. The largest absolute Gasteiger partial charge is 0.573 e. The number of hydrogen-bond donors (Lipinski definition) is 3. The normalized spacial score (nSPS) is 12.9. The molecule has 1 aliphatic carbocycles. The summed E-state index contributed by atoms with van der Waals surface area (Å²) in [5, 5.41) is 2.46. The monoisotopic (exact) mass is 543 g/mol. The fraction of sp³-hybridized carbons (Fsp3) is 0.222. The number of benzene rings is 3. The fourth-order valence-corrected chi connectivity index (χ4v) is 4.34. The highest BCUT2D eigenvalue weighted by Gasteiger charge is 2.31. The summed E-state index contributed by atoms with van der Waals surface area (Å²) in [6.07, 6.45) is -6.10. The van der Waals surface area contributed by atoms with Crippen LogP contribution in [-0.2, 0) is 14.3 Å². The molecule has 0 aromatic heterocycles. The van der Waals surface area contributed by atoms with Crippen LogP contribution in [0.15, 0.2) is 72.8 Å². The first-order chi connectivity index (χ1) is 18.6. The number of esters is 1. The quantitative estimate of drug-likeness (QED) is 0.287. The highest BCUT2D eigenvalue weighted by Crippen LogP contribution is 2.44. The van der Waals surface area contributed by atoms with Crippen molar-refractivity contribution in [1.82, 2.24) is 16.2 Å². The van der Waals surface area contributed by atoms with E-state index in [0.717, 1.165) is 41.5 Å². The standard InChI is InChI=1S/C27H24F3N3O6/c1-37-24(34)14-23(16-10-12-17(13-11-16)39-27(28,29)30)31-25(35)32-33-26(36)38-15-22-20-8-4-2-6-18(20)19-7-3-5-9-21(19)22/h2-13,22-23H,14-15H2,1H3,(H,33,36)(H2,31,32,35). The minimum absolute atomic E-state index is 0.0282. The summed E-state index contributed by atoms with van der Waals surface area (Å²) in [7, 11) is 1.15. The van der Waals surface area contributed by atoms with E-state index in [4.69, 9.17) is 4.74 Å². The average Bonchev–Trinajstić information content (AvgIpc) is 3.23. The third-order valence-electron chi connectivity index (χ3n) is 6.04. The van der Waals surface area contributed by atoms with Crippen molar-refractivity contribution in [3.05, 3.63) is 89.5 Å². The summed E-state index contributed by atoms with van der Waals surface area (Å²) in [6.45, 7) is 0.0282. The molecule has 9 nitrogen and oxygen atoms in total. The average molecular weight is 543 g/mol. The van der Waals surface area contributed by atoms with Crippen molar-refractivity contribution in [2.75, 3.05) is 13.7 Å². The molecular formula is C27H24F3N3O6. The number of alkyl halides is 3. The van der Waals surface area contributed by atoms with E-state index in [1.165, 1.54) is 12.1 Å². The Morgan fingerprint density at radius 3 is 2.03 bits per heavy atom. The second kappa shape index (κ2) is 11.8. The SMILES string of the molecule is COC(=O)CC(NC(=O)NNC(=O)OCC1c2ccccc2-c2ccccc21)c1ccc(OC(F)(F)F)cc1. The number of carbonyl (C=O) groups excluding carboxylic acids is 3. The van der Waals surface area contributed by atoms with E-state index in [1.807, 2.05) is 48.5 Å². The van der Waals surface area contributed by atoms with Gasteiger partial charge in [-0.2, -0.15) is 0 Å². The van der Waals surface area contributed by atoms with Crippen LogP contribution < -0.4 is 20.9 Å². The molecule has 1 aliphatic rings. The molecule has 3 aromatic rings. The molecule has 0 radical (unpaired) electrons. The maximum atomic E-state index is 12.4. The number of carbonyl (C=O) groups is 3. The zero-order valence-electron chi connectivity index (χ0n) is 20.6. The summed E-state index contributed by atoms with van der Waals surface area (Å²) in [6, 6.07) is 18.4. The Bertz CT molecular complexity index is 1300. The van der Waals surface area contributed by atoms with Crippen molar-refractivity contribution in [2.45, 2.75) is 24.7 Å². The Hall–Kier alpha value is -4.74. The molecule has 3 N–H and O–H groups in total. The highest BCUT2D eigenvalue weighted by molar-refractivity contribution is 5.80. The zero-order valence-corrected chi connectivity index (χ0v) is 20.6. The third kappa shape index (κ3) is 6.98. The molecule has 0 spiro atoms. The van der Waals surface area contributed by atoms with Gasteiger partial charge in [0.2, 0.25) is 0 Å². The molecule has 12 heteroatoms. The summed E-state index contributed by atoms with van der Waals surface area (Å²) in [4.78, 5) is 36.6. The number of nitrogens with one attached hydrogen (secondary N) is 3. The molecule has 0 bridgehead atoms. The van der Waals surface area contributed by atoms with Gasteiger partial charge in [-0.05, 0) is 39.9 Å². The van der Waals surface area contributed by atoms with Gasteiger partial charge in [-0.1, -0.05) is 60.7 Å². The topological polar surface area (TPSA) is 115 Å². The predicted octanol–water partition coefficient (Wildman–Crippen LogP) is 4.94. The van der Waals surface area contributed by atoms with Gasteiger partial charge in [0.25, 0.3) is 0 Å². The molecule has 4 rings (SSSR count). The van der Waals surface area contributed by atoms with Gasteiger partial charge in [-0.15, -0.1) is 13.2 Å². The van der Waals surface area contributed by atoms with Crippen molar-refractivity contribution >= 4 is 18.1 Å². The van der Waals surface area contributed by atoms with Crippen molar-refractivity contribution < 1.29 is 41.8 Å². The molecule has 39 heavy (non-hydrogen) atoms. The van der Waals surface area contributed by atoms with Gasteiger partial charge in [-0.25, -0.2) is 20.4 Å². The van der Waals surface area contributed by atoms with E-state index in [0.29, 0.717) is 5.56 Å². The molecule has 204 valence electrons. The van der Waals surface area contributed by atoms with Gasteiger partial charge >= 0.3 is 24.5 Å². The van der Waals surface area contributed by atoms with Gasteiger partial charge in [0.05, 0.1) is 19.6 Å². The first-order valence-corrected chi connectivity index (χ1v) is 11.7. The summed E-state index contributed by atoms with van der Waals surface area (Å²) in [5.41, 5.74) is 8.73. The predicted molar refractivity (Wildman–Crippen MR) is 132 cm³/mol. The zero-order chi connectivity index (χ0) is 28.0. The molecule has 0 aliphatic heterocycles. The molecule has 1 unspecified atom stereocenters. The number of urea groups is 1. The van der Waals surface area contributed by atoms with E-state index >= 15 is 0 Å². The molecule has 3 amide bonds. The molecule has 0 saturated carbocycles. The Kier molecular flexibility index (Phi) is 8.23. The van der Waals surface area contributed by atoms with Crippen LogP contribution in [0.2, 0.25) is 0 Å². The van der Waals surface area contributed by atoms with Crippen LogP contribution in [0.4, 0.5) is 22.8 Å². The summed E-state index contributed by atoms with van der Waals surface area (Å²) < 4.78 is 51.1. The molecule has 0 fully saturated rings. The Morgan fingerprint density at radius 2 is 1.46 bits per heavy atom. The number of hydrazine groups is 1. The Labute approximate surface area is 221 Å². The van der Waals surface area contributed by atoms with Crippen molar-refractivity contribution in [3.63, 3.8) is 0 Å². The van der Waals surface area contributed by atoms with Crippen LogP contribution in [0.5, 0.6) is 5.75 Å². The van der Waals surface area contributed by atoms with Crippen molar-refractivity contribution in [2.24, 2.45) is 0 Å². The number of halogens is 3.